The number of anilines is 1. The number of fused-ring (bicyclic) bond motifs is 1. The lowest BCUT2D eigenvalue weighted by Crippen LogP contribution is -2.54. The molecule has 0 unspecified atom stereocenters. The van der Waals surface area contributed by atoms with Gasteiger partial charge in [-0.15, -0.1) is 11.3 Å². The number of hydrogen-bond acceptors (Lipinski definition) is 6. The molecule has 0 spiro atoms. The molecular weight excluding hydrogens is 376 g/mol. The van der Waals surface area contributed by atoms with Gasteiger partial charge in [-0.25, -0.2) is 4.90 Å². The molecule has 0 bridgehead atoms. The summed E-state index contributed by atoms with van der Waals surface area (Å²) in [5.41, 5.74) is 0.310. The van der Waals surface area contributed by atoms with Gasteiger partial charge in [0.2, 0.25) is 11.8 Å². The summed E-state index contributed by atoms with van der Waals surface area (Å²) in [6, 6.07) is 10.7. The van der Waals surface area contributed by atoms with Crippen LogP contribution in [0.2, 0.25) is 0 Å². The second kappa shape index (κ2) is 6.83. The van der Waals surface area contributed by atoms with Gasteiger partial charge < -0.3 is 4.74 Å². The van der Waals surface area contributed by atoms with Gasteiger partial charge in [0.25, 0.3) is 0 Å². The fourth-order valence-electron chi connectivity index (χ4n) is 4.27. The molecule has 1 N–H and O–H groups in total. The number of carbonyl (C=O) groups is 3. The number of benzene rings is 1. The number of nitrogens with zero attached hydrogens (tertiary/aromatic N) is 1. The van der Waals surface area contributed by atoms with E-state index in [0.29, 0.717) is 5.69 Å². The summed E-state index contributed by atoms with van der Waals surface area (Å²) in [5, 5.41) is 5.19. The first-order chi connectivity index (χ1) is 13.4. The largest absolute Gasteiger partial charge is 0.465 e. The first-order valence-electron chi connectivity index (χ1n) is 9.31. The minimum absolute atomic E-state index is 0.209. The minimum Gasteiger partial charge on any atom is -0.465 e. The zero-order valence-corrected chi connectivity index (χ0v) is 16.8. The van der Waals surface area contributed by atoms with Crippen LogP contribution in [0.1, 0.15) is 30.3 Å². The van der Waals surface area contributed by atoms with Crippen molar-refractivity contribution in [1.29, 1.82) is 0 Å². The van der Waals surface area contributed by atoms with Gasteiger partial charge in [0, 0.05) is 4.88 Å². The van der Waals surface area contributed by atoms with Crippen LogP contribution in [0.5, 0.6) is 0 Å². The van der Waals surface area contributed by atoms with Gasteiger partial charge >= 0.3 is 5.97 Å². The monoisotopic (exact) mass is 398 g/mol. The van der Waals surface area contributed by atoms with Crippen molar-refractivity contribution in [3.05, 3.63) is 52.2 Å². The number of carbonyl (C=O) groups excluding carboxylic acids is 3. The van der Waals surface area contributed by atoms with Crippen LogP contribution in [-0.4, -0.2) is 29.9 Å². The topological polar surface area (TPSA) is 75.7 Å². The summed E-state index contributed by atoms with van der Waals surface area (Å²) in [6.45, 7) is 5.55. The summed E-state index contributed by atoms with van der Waals surface area (Å²) >= 11 is 1.50. The van der Waals surface area contributed by atoms with E-state index in [1.54, 1.807) is 26.0 Å². The van der Waals surface area contributed by atoms with E-state index in [1.807, 2.05) is 36.6 Å². The van der Waals surface area contributed by atoms with Gasteiger partial charge in [-0.2, -0.15) is 0 Å². The average Bonchev–Trinajstić information content (AvgIpc) is 3.35. The molecule has 2 fully saturated rings. The van der Waals surface area contributed by atoms with E-state index in [0.717, 1.165) is 10.4 Å². The van der Waals surface area contributed by atoms with E-state index in [4.69, 9.17) is 4.74 Å². The van der Waals surface area contributed by atoms with Crippen LogP contribution in [0, 0.1) is 18.8 Å². The molecule has 146 valence electrons. The Morgan fingerprint density at radius 2 is 1.93 bits per heavy atom. The molecule has 2 aromatic rings. The van der Waals surface area contributed by atoms with Crippen LogP contribution in [0.15, 0.2) is 41.8 Å². The molecule has 4 rings (SSSR count). The summed E-state index contributed by atoms with van der Waals surface area (Å²) in [6.07, 6.45) is 0. The Labute approximate surface area is 167 Å². The van der Waals surface area contributed by atoms with Crippen molar-refractivity contribution in [3.63, 3.8) is 0 Å². The zero-order chi connectivity index (χ0) is 20.1. The maximum Gasteiger partial charge on any atom is 0.326 e. The van der Waals surface area contributed by atoms with Crippen molar-refractivity contribution in [1.82, 2.24) is 5.32 Å². The van der Waals surface area contributed by atoms with Gasteiger partial charge in [0.05, 0.1) is 30.2 Å². The van der Waals surface area contributed by atoms with E-state index in [1.165, 1.54) is 16.2 Å². The molecule has 0 aliphatic carbocycles. The van der Waals surface area contributed by atoms with Gasteiger partial charge in [-0.05, 0) is 44.4 Å². The van der Waals surface area contributed by atoms with Gasteiger partial charge in [-0.3, -0.25) is 19.7 Å². The number of thiophene rings is 1. The summed E-state index contributed by atoms with van der Waals surface area (Å²) in [4.78, 5) is 41.7. The van der Waals surface area contributed by atoms with Crippen LogP contribution >= 0.6 is 11.3 Å². The van der Waals surface area contributed by atoms with E-state index in [-0.39, 0.29) is 18.4 Å². The van der Waals surface area contributed by atoms with Crippen LogP contribution in [-0.2, 0) is 19.1 Å². The Morgan fingerprint density at radius 1 is 1.21 bits per heavy atom. The summed E-state index contributed by atoms with van der Waals surface area (Å²) in [5.74, 6) is -2.61. The lowest BCUT2D eigenvalue weighted by molar-refractivity contribution is -0.153. The molecule has 0 radical (unpaired) electrons. The Balaban J connectivity index is 1.80. The van der Waals surface area contributed by atoms with Crippen LogP contribution in [0.4, 0.5) is 5.69 Å². The minimum atomic E-state index is -1.26. The molecule has 6 nitrogen and oxygen atoms in total. The van der Waals surface area contributed by atoms with Crippen LogP contribution in [0.25, 0.3) is 0 Å². The van der Waals surface area contributed by atoms with Gasteiger partial charge in [-0.1, -0.05) is 23.8 Å². The Kier molecular flexibility index (Phi) is 4.59. The summed E-state index contributed by atoms with van der Waals surface area (Å²) in [7, 11) is 0. The fraction of sp³-hybridized carbons (Fsp3) is 0.381. The van der Waals surface area contributed by atoms with E-state index in [9.17, 15) is 14.4 Å². The van der Waals surface area contributed by atoms with E-state index >= 15 is 0 Å². The van der Waals surface area contributed by atoms with Crippen molar-refractivity contribution in [2.45, 2.75) is 32.4 Å². The first-order valence-corrected chi connectivity index (χ1v) is 10.2. The second-order valence-corrected chi connectivity index (χ2v) is 8.39. The Morgan fingerprint density at radius 3 is 2.54 bits per heavy atom. The van der Waals surface area contributed by atoms with Gasteiger partial charge in [0.15, 0.2) is 0 Å². The number of esters is 1. The van der Waals surface area contributed by atoms with Crippen LogP contribution < -0.4 is 10.2 Å². The standard InChI is InChI=1S/C21H22N2O4S/c1-4-27-20(26)21(3)16-15(17(22-21)14-6-5-11-28-14)18(24)23(19(16)25)13-9-7-12(2)8-10-13/h5-11,15-17,22H,4H2,1-3H3/t15-,16+,17-,21+/m0/s1. The van der Waals surface area contributed by atoms with Crippen molar-refractivity contribution < 1.29 is 19.1 Å². The van der Waals surface area contributed by atoms with Gasteiger partial charge in [0.1, 0.15) is 5.54 Å². The van der Waals surface area contributed by atoms with E-state index in [2.05, 4.69) is 5.32 Å². The maximum absolute atomic E-state index is 13.4. The third kappa shape index (κ3) is 2.69. The van der Waals surface area contributed by atoms with Crippen LogP contribution in [0.3, 0.4) is 0 Å². The molecular formula is C21H22N2O4S. The third-order valence-corrected chi connectivity index (χ3v) is 6.58. The third-order valence-electron chi connectivity index (χ3n) is 5.63. The Bertz CT molecular complexity index is 924. The highest BCUT2D eigenvalue weighted by Gasteiger charge is 2.67. The normalized spacial score (nSPS) is 29.2. The number of amides is 2. The van der Waals surface area contributed by atoms with Crippen molar-refractivity contribution >= 4 is 34.8 Å². The van der Waals surface area contributed by atoms with Crippen molar-refractivity contribution in [2.24, 2.45) is 11.8 Å². The smallest absolute Gasteiger partial charge is 0.326 e. The number of imide groups is 1. The molecule has 1 aromatic carbocycles. The SMILES string of the molecule is CCOC(=O)[C@]1(C)N[C@@H](c2cccs2)[C@H]2C(=O)N(c3ccc(C)cc3)C(=O)[C@@H]21. The van der Waals surface area contributed by atoms with Crippen molar-refractivity contribution in [3.8, 4) is 0 Å². The lowest BCUT2D eigenvalue weighted by atomic mass is 9.81. The molecule has 28 heavy (non-hydrogen) atoms. The molecule has 2 amide bonds. The quantitative estimate of drug-likeness (QED) is 0.633. The molecule has 3 heterocycles. The average molecular weight is 398 g/mol. The lowest BCUT2D eigenvalue weighted by Gasteiger charge is -2.29. The fourth-order valence-corrected chi connectivity index (χ4v) is 5.09. The molecule has 4 atom stereocenters. The highest BCUT2D eigenvalue weighted by atomic mass is 32.1. The highest BCUT2D eigenvalue weighted by Crippen LogP contribution is 2.50. The van der Waals surface area contributed by atoms with Crippen molar-refractivity contribution in [2.75, 3.05) is 11.5 Å². The Hall–Kier alpha value is -2.51. The predicted molar refractivity (Wildman–Crippen MR) is 106 cm³/mol. The molecule has 2 aliphatic heterocycles. The molecule has 2 saturated heterocycles. The highest BCUT2D eigenvalue weighted by molar-refractivity contribution is 7.10. The molecule has 0 saturated carbocycles. The summed E-state index contributed by atoms with van der Waals surface area (Å²) < 4.78 is 5.26. The maximum atomic E-state index is 13.4. The predicted octanol–water partition coefficient (Wildman–Crippen LogP) is 2.83. The zero-order valence-electron chi connectivity index (χ0n) is 16.0. The van der Waals surface area contributed by atoms with E-state index < -0.39 is 29.4 Å². The number of ether oxygens (including phenoxy) is 1. The molecule has 2 aliphatic rings. The molecule has 1 aromatic heterocycles. The number of aryl methyl sites for hydroxylation is 1. The number of nitrogens with one attached hydrogen (secondary N) is 1. The number of hydrogen-bond donors (Lipinski definition) is 1. The number of rotatable bonds is 4. The molecule has 7 heteroatoms. The second-order valence-electron chi connectivity index (χ2n) is 7.41. The first kappa shape index (κ1) is 18.8.